The summed E-state index contributed by atoms with van der Waals surface area (Å²) in [6, 6.07) is 20.6. The molecule has 30 heavy (non-hydrogen) atoms. The zero-order valence-corrected chi connectivity index (χ0v) is 18.0. The number of nitrogens with one attached hydrogen (secondary N) is 2. The van der Waals surface area contributed by atoms with Gasteiger partial charge in [-0.1, -0.05) is 41.9 Å². The second-order valence-electron chi connectivity index (χ2n) is 6.77. The number of carbonyl (C=O) groups excluding carboxylic acids is 1. The maximum atomic E-state index is 12.1. The fraction of sp³-hybridized carbons (Fsp3) is 0.217. The first-order valence-electron chi connectivity index (χ1n) is 9.53. The summed E-state index contributed by atoms with van der Waals surface area (Å²) in [6.07, 6.45) is 2.16. The minimum Gasteiger partial charge on any atom is -0.387 e. The van der Waals surface area contributed by atoms with E-state index < -0.39 is 6.10 Å². The van der Waals surface area contributed by atoms with Crippen molar-refractivity contribution in [2.45, 2.75) is 18.9 Å². The molecular formula is C23H25Cl2N3O2. The number of amides is 1. The summed E-state index contributed by atoms with van der Waals surface area (Å²) >= 11 is 5.95. The van der Waals surface area contributed by atoms with Gasteiger partial charge in [-0.25, -0.2) is 0 Å². The highest BCUT2D eigenvalue weighted by Gasteiger charge is 2.07. The molecule has 7 heteroatoms. The number of anilines is 1. The van der Waals surface area contributed by atoms with E-state index in [0.29, 0.717) is 11.6 Å². The molecule has 0 aliphatic rings. The van der Waals surface area contributed by atoms with Gasteiger partial charge in [-0.05, 0) is 60.5 Å². The molecule has 0 fully saturated rings. The number of hydrogen-bond acceptors (Lipinski definition) is 4. The molecule has 0 radical (unpaired) electrons. The van der Waals surface area contributed by atoms with Gasteiger partial charge in [0.25, 0.3) is 0 Å². The first kappa shape index (κ1) is 23.8. The first-order valence-corrected chi connectivity index (χ1v) is 9.91. The van der Waals surface area contributed by atoms with Crippen LogP contribution in [0, 0.1) is 0 Å². The van der Waals surface area contributed by atoms with Crippen LogP contribution in [-0.2, 0) is 17.6 Å². The third kappa shape index (κ3) is 7.76. The van der Waals surface area contributed by atoms with Crippen molar-refractivity contribution < 1.29 is 9.90 Å². The Bertz CT molecular complexity index is 921. The Morgan fingerprint density at radius 1 is 1.07 bits per heavy atom. The van der Waals surface area contributed by atoms with Crippen molar-refractivity contribution in [1.29, 1.82) is 0 Å². The molecule has 2 aromatic carbocycles. The number of rotatable bonds is 9. The van der Waals surface area contributed by atoms with Crippen LogP contribution in [0.25, 0.3) is 0 Å². The zero-order chi connectivity index (χ0) is 20.5. The van der Waals surface area contributed by atoms with E-state index in [0.717, 1.165) is 35.5 Å². The standard InChI is InChI=1S/C23H24ClN3O2.ClH/c24-19-5-3-4-18(14-19)22(28)16-25-13-11-17-7-9-20(10-8-17)27-23(29)15-21-6-1-2-12-26-21;/h1-10,12,14,22,25,28H,11,13,15-16H2,(H,27,29);1H/t22-;/m0./s1. The summed E-state index contributed by atoms with van der Waals surface area (Å²) in [5.41, 5.74) is 3.46. The van der Waals surface area contributed by atoms with Crippen molar-refractivity contribution >= 4 is 35.6 Å². The van der Waals surface area contributed by atoms with Crippen LogP contribution in [0.4, 0.5) is 5.69 Å². The van der Waals surface area contributed by atoms with Gasteiger partial charge >= 0.3 is 0 Å². The van der Waals surface area contributed by atoms with E-state index in [4.69, 9.17) is 11.6 Å². The van der Waals surface area contributed by atoms with Gasteiger partial charge in [0, 0.05) is 29.1 Å². The lowest BCUT2D eigenvalue weighted by molar-refractivity contribution is -0.115. The van der Waals surface area contributed by atoms with Gasteiger partial charge in [0.2, 0.25) is 5.91 Å². The van der Waals surface area contributed by atoms with Gasteiger partial charge in [-0.15, -0.1) is 12.4 Å². The van der Waals surface area contributed by atoms with E-state index in [-0.39, 0.29) is 24.7 Å². The van der Waals surface area contributed by atoms with Crippen LogP contribution in [0.2, 0.25) is 5.02 Å². The van der Waals surface area contributed by atoms with Crippen LogP contribution < -0.4 is 10.6 Å². The fourth-order valence-corrected chi connectivity index (χ4v) is 3.13. The molecule has 0 saturated carbocycles. The molecule has 5 nitrogen and oxygen atoms in total. The van der Waals surface area contributed by atoms with Crippen LogP contribution in [0.1, 0.15) is 22.9 Å². The molecule has 3 rings (SSSR count). The highest BCUT2D eigenvalue weighted by Crippen LogP contribution is 2.17. The van der Waals surface area contributed by atoms with E-state index >= 15 is 0 Å². The second-order valence-corrected chi connectivity index (χ2v) is 7.20. The summed E-state index contributed by atoms with van der Waals surface area (Å²) in [7, 11) is 0. The number of halogens is 2. The fourth-order valence-electron chi connectivity index (χ4n) is 2.93. The quantitative estimate of drug-likeness (QED) is 0.431. The van der Waals surface area contributed by atoms with Gasteiger partial charge in [0.1, 0.15) is 0 Å². The molecule has 3 aromatic rings. The Labute approximate surface area is 187 Å². The number of aromatic nitrogens is 1. The molecule has 0 spiro atoms. The smallest absolute Gasteiger partial charge is 0.230 e. The number of pyridine rings is 1. The minimum absolute atomic E-state index is 0. The molecule has 1 atom stereocenters. The molecule has 0 unspecified atom stereocenters. The molecule has 1 amide bonds. The summed E-state index contributed by atoms with van der Waals surface area (Å²) < 4.78 is 0. The minimum atomic E-state index is -0.592. The van der Waals surface area contributed by atoms with E-state index in [9.17, 15) is 9.90 Å². The van der Waals surface area contributed by atoms with Crippen LogP contribution in [0.5, 0.6) is 0 Å². The predicted octanol–water partition coefficient (Wildman–Crippen LogP) is 4.20. The number of hydrogen-bond donors (Lipinski definition) is 3. The molecule has 158 valence electrons. The molecule has 0 aliphatic carbocycles. The Balaban J connectivity index is 0.00000320. The highest BCUT2D eigenvalue weighted by atomic mass is 35.5. The zero-order valence-electron chi connectivity index (χ0n) is 16.4. The van der Waals surface area contributed by atoms with Crippen molar-refractivity contribution in [3.63, 3.8) is 0 Å². The predicted molar refractivity (Wildman–Crippen MR) is 123 cm³/mol. The molecule has 0 saturated heterocycles. The highest BCUT2D eigenvalue weighted by molar-refractivity contribution is 6.30. The van der Waals surface area contributed by atoms with Gasteiger partial charge in [-0.2, -0.15) is 0 Å². The summed E-state index contributed by atoms with van der Waals surface area (Å²) in [5, 5.41) is 17.0. The van der Waals surface area contributed by atoms with Crippen molar-refractivity contribution in [2.75, 3.05) is 18.4 Å². The van der Waals surface area contributed by atoms with Gasteiger partial charge in [0.15, 0.2) is 0 Å². The monoisotopic (exact) mass is 445 g/mol. The topological polar surface area (TPSA) is 74.2 Å². The van der Waals surface area contributed by atoms with E-state index in [1.54, 1.807) is 18.3 Å². The molecule has 1 aromatic heterocycles. The van der Waals surface area contributed by atoms with E-state index in [1.165, 1.54) is 0 Å². The van der Waals surface area contributed by atoms with Gasteiger partial charge < -0.3 is 15.7 Å². The lowest BCUT2D eigenvalue weighted by Crippen LogP contribution is -2.23. The second kappa shape index (κ2) is 12.3. The number of nitrogens with zero attached hydrogens (tertiary/aromatic N) is 1. The molecule has 0 aliphatic heterocycles. The number of aliphatic hydroxyl groups excluding tert-OH is 1. The van der Waals surface area contributed by atoms with E-state index in [2.05, 4.69) is 15.6 Å². The van der Waals surface area contributed by atoms with E-state index in [1.807, 2.05) is 54.6 Å². The SMILES string of the molecule is Cl.O=C(Cc1ccccn1)Nc1ccc(CCNC[C@H](O)c2cccc(Cl)c2)cc1. The Morgan fingerprint density at radius 3 is 2.57 bits per heavy atom. The molecule has 0 bridgehead atoms. The largest absolute Gasteiger partial charge is 0.387 e. The molecular weight excluding hydrogens is 421 g/mol. The average molecular weight is 446 g/mol. The van der Waals surface area contributed by atoms with Crippen LogP contribution in [-0.4, -0.2) is 29.1 Å². The van der Waals surface area contributed by atoms with Gasteiger partial charge in [-0.3, -0.25) is 9.78 Å². The van der Waals surface area contributed by atoms with Crippen molar-refractivity contribution in [2.24, 2.45) is 0 Å². The van der Waals surface area contributed by atoms with Crippen molar-refractivity contribution in [3.8, 4) is 0 Å². The summed E-state index contributed by atoms with van der Waals surface area (Å²) in [4.78, 5) is 16.2. The van der Waals surface area contributed by atoms with Crippen LogP contribution >= 0.6 is 24.0 Å². The summed E-state index contributed by atoms with van der Waals surface area (Å²) in [6.45, 7) is 1.20. The maximum absolute atomic E-state index is 12.1. The Hall–Kier alpha value is -2.44. The Kier molecular flexibility index (Phi) is 9.77. The number of benzene rings is 2. The van der Waals surface area contributed by atoms with Crippen molar-refractivity contribution in [1.82, 2.24) is 10.3 Å². The first-order chi connectivity index (χ1) is 14.1. The number of aliphatic hydroxyl groups is 1. The number of carbonyl (C=O) groups is 1. The molecule has 1 heterocycles. The maximum Gasteiger partial charge on any atom is 0.230 e. The van der Waals surface area contributed by atoms with Crippen LogP contribution in [0.3, 0.4) is 0 Å². The lowest BCUT2D eigenvalue weighted by atomic mass is 10.1. The summed E-state index contributed by atoms with van der Waals surface area (Å²) in [5.74, 6) is -0.0897. The molecule has 3 N–H and O–H groups in total. The Morgan fingerprint density at radius 2 is 1.87 bits per heavy atom. The van der Waals surface area contributed by atoms with Crippen LogP contribution in [0.15, 0.2) is 72.9 Å². The third-order valence-electron chi connectivity index (χ3n) is 4.47. The normalized spacial score (nSPS) is 11.4. The van der Waals surface area contributed by atoms with Gasteiger partial charge in [0.05, 0.1) is 12.5 Å². The third-order valence-corrected chi connectivity index (χ3v) is 4.70. The van der Waals surface area contributed by atoms with Crippen molar-refractivity contribution in [3.05, 3.63) is 94.8 Å². The lowest BCUT2D eigenvalue weighted by Gasteiger charge is -2.12. The average Bonchev–Trinajstić information content (AvgIpc) is 2.73.